The molecule has 3 saturated carbocycles. The standard InChI is InChI=1S/C31H39NO10/c1-18(33)41-31(24(35)17-40-27(38)8-9-28(39)42-32-25(36)6-7-26(32)37)15-12-23-21-5-4-19-16-20(34)10-13-29(19,2)22(21)11-14-30(23,31)3/h16,21-23H,4-15,17H2,1-3H3/t21-,22-,23+,29-,30-,31-/m0/s1. The van der Waals surface area contributed by atoms with Crippen LogP contribution in [-0.4, -0.2) is 58.6 Å². The van der Waals surface area contributed by atoms with Crippen molar-refractivity contribution in [2.45, 2.75) is 103 Å². The number of imide groups is 1. The molecule has 228 valence electrons. The summed E-state index contributed by atoms with van der Waals surface area (Å²) < 4.78 is 11.1. The van der Waals surface area contributed by atoms with Crippen molar-refractivity contribution in [2.24, 2.45) is 28.6 Å². The average molecular weight is 586 g/mol. The monoisotopic (exact) mass is 585 g/mol. The molecule has 6 atom stereocenters. The Kier molecular flexibility index (Phi) is 7.91. The molecule has 2 amide bonds. The third-order valence-corrected chi connectivity index (χ3v) is 10.9. The molecule has 4 fully saturated rings. The minimum absolute atomic E-state index is 0.0408. The number of ketones is 2. The molecule has 0 spiro atoms. The maximum atomic E-state index is 13.8. The summed E-state index contributed by atoms with van der Waals surface area (Å²) in [6, 6.07) is 0. The first kappa shape index (κ1) is 30.1. The Bertz CT molecular complexity index is 1250. The Hall–Kier alpha value is -3.37. The van der Waals surface area contributed by atoms with Gasteiger partial charge >= 0.3 is 17.9 Å². The number of hydrogen-bond donors (Lipinski definition) is 0. The summed E-state index contributed by atoms with van der Waals surface area (Å²) >= 11 is 0. The van der Waals surface area contributed by atoms with Crippen molar-refractivity contribution >= 4 is 41.3 Å². The molecule has 0 aromatic heterocycles. The zero-order valence-corrected chi connectivity index (χ0v) is 24.5. The quantitative estimate of drug-likeness (QED) is 0.306. The fourth-order valence-electron chi connectivity index (χ4n) is 8.83. The van der Waals surface area contributed by atoms with Gasteiger partial charge in [-0.25, -0.2) is 4.79 Å². The SMILES string of the molecule is CC(=O)O[C@]1(C(=O)COC(=O)CCC(=O)ON2C(=O)CCC2=O)CC[C@@H]2[C@H]3CCC4=CC(=O)CC[C@]4(C)[C@H]3CC[C@@]21C. The normalized spacial score (nSPS) is 35.5. The summed E-state index contributed by atoms with van der Waals surface area (Å²) in [5.41, 5.74) is -0.854. The van der Waals surface area contributed by atoms with E-state index in [1.54, 1.807) is 0 Å². The predicted molar refractivity (Wildman–Crippen MR) is 144 cm³/mol. The fraction of sp³-hybridized carbons (Fsp3) is 0.710. The van der Waals surface area contributed by atoms with E-state index < -0.39 is 66.0 Å². The van der Waals surface area contributed by atoms with Crippen LogP contribution < -0.4 is 0 Å². The van der Waals surface area contributed by atoms with Crippen LogP contribution in [-0.2, 0) is 47.9 Å². The van der Waals surface area contributed by atoms with Gasteiger partial charge in [-0.1, -0.05) is 19.4 Å². The van der Waals surface area contributed by atoms with E-state index >= 15 is 0 Å². The predicted octanol–water partition coefficient (Wildman–Crippen LogP) is 3.32. The Labute approximate surface area is 244 Å². The van der Waals surface area contributed by atoms with Crippen molar-refractivity contribution in [2.75, 3.05) is 6.61 Å². The van der Waals surface area contributed by atoms with Gasteiger partial charge in [-0.3, -0.25) is 28.8 Å². The second kappa shape index (κ2) is 11.0. The van der Waals surface area contributed by atoms with E-state index in [9.17, 15) is 33.6 Å². The van der Waals surface area contributed by atoms with E-state index in [2.05, 4.69) is 6.92 Å². The van der Waals surface area contributed by atoms with Gasteiger partial charge in [0.2, 0.25) is 5.78 Å². The molecule has 0 aromatic rings. The Balaban J connectivity index is 1.24. The second-order valence-electron chi connectivity index (χ2n) is 13.0. The number of carbonyl (C=O) groups is 7. The smallest absolute Gasteiger partial charge is 0.333 e. The van der Waals surface area contributed by atoms with E-state index in [1.165, 1.54) is 12.5 Å². The van der Waals surface area contributed by atoms with Crippen LogP contribution in [0.1, 0.15) is 97.8 Å². The van der Waals surface area contributed by atoms with E-state index in [1.807, 2.05) is 13.0 Å². The van der Waals surface area contributed by atoms with Gasteiger partial charge in [0.05, 0.1) is 12.8 Å². The summed E-state index contributed by atoms with van der Waals surface area (Å²) in [6.45, 7) is 4.98. The van der Waals surface area contributed by atoms with Gasteiger partial charge in [-0.05, 0) is 74.2 Å². The van der Waals surface area contributed by atoms with E-state index in [4.69, 9.17) is 14.3 Å². The minimum Gasteiger partial charge on any atom is -0.457 e. The molecule has 0 aromatic carbocycles. The first-order valence-electron chi connectivity index (χ1n) is 15.0. The van der Waals surface area contributed by atoms with Crippen molar-refractivity contribution in [3.63, 3.8) is 0 Å². The lowest BCUT2D eigenvalue weighted by Gasteiger charge is -2.59. The van der Waals surface area contributed by atoms with Crippen LogP contribution in [0.25, 0.3) is 0 Å². The highest BCUT2D eigenvalue weighted by Crippen LogP contribution is 2.68. The summed E-state index contributed by atoms with van der Waals surface area (Å²) in [6.07, 6.45) is 6.65. The van der Waals surface area contributed by atoms with Crippen molar-refractivity contribution in [1.82, 2.24) is 5.06 Å². The second-order valence-corrected chi connectivity index (χ2v) is 13.0. The summed E-state index contributed by atoms with van der Waals surface area (Å²) in [7, 11) is 0. The number of allylic oxidation sites excluding steroid dienone is 1. The molecule has 5 aliphatic rings. The molecule has 4 aliphatic carbocycles. The van der Waals surface area contributed by atoms with Crippen LogP contribution in [0.4, 0.5) is 0 Å². The number of amides is 2. The molecule has 1 saturated heterocycles. The zero-order chi connectivity index (χ0) is 30.4. The Morgan fingerprint density at radius 1 is 0.857 bits per heavy atom. The molecule has 0 bridgehead atoms. The number of rotatable bonds is 8. The molecular formula is C31H39NO10. The van der Waals surface area contributed by atoms with Crippen LogP contribution in [0.3, 0.4) is 0 Å². The molecule has 0 N–H and O–H groups in total. The van der Waals surface area contributed by atoms with Crippen LogP contribution >= 0.6 is 0 Å². The van der Waals surface area contributed by atoms with Gasteiger partial charge in [0, 0.05) is 31.6 Å². The number of Topliss-reactive ketones (excluding diaryl/α,β-unsaturated/α-hetero) is 1. The minimum atomic E-state index is -1.43. The van der Waals surface area contributed by atoms with Gasteiger partial charge in [0.25, 0.3) is 11.8 Å². The third kappa shape index (κ3) is 4.98. The van der Waals surface area contributed by atoms with Gasteiger partial charge in [0.15, 0.2) is 18.0 Å². The summed E-state index contributed by atoms with van der Waals surface area (Å²) in [5, 5.41) is 0.406. The molecular weight excluding hydrogens is 546 g/mol. The highest BCUT2D eigenvalue weighted by Gasteiger charge is 2.68. The highest BCUT2D eigenvalue weighted by molar-refractivity contribution is 6.01. The molecule has 11 nitrogen and oxygen atoms in total. The van der Waals surface area contributed by atoms with Gasteiger partial charge < -0.3 is 14.3 Å². The van der Waals surface area contributed by atoms with Crippen molar-refractivity contribution < 1.29 is 47.9 Å². The molecule has 0 radical (unpaired) electrons. The van der Waals surface area contributed by atoms with Crippen LogP contribution in [0.2, 0.25) is 0 Å². The molecule has 1 heterocycles. The zero-order valence-electron chi connectivity index (χ0n) is 24.5. The Morgan fingerprint density at radius 2 is 1.52 bits per heavy atom. The van der Waals surface area contributed by atoms with Crippen molar-refractivity contribution in [3.8, 4) is 0 Å². The van der Waals surface area contributed by atoms with Crippen molar-refractivity contribution in [3.05, 3.63) is 11.6 Å². The number of ether oxygens (including phenoxy) is 2. The first-order valence-corrected chi connectivity index (χ1v) is 15.0. The summed E-state index contributed by atoms with van der Waals surface area (Å²) in [4.78, 5) is 90.8. The molecule has 5 rings (SSSR count). The number of nitrogens with zero attached hydrogens (tertiary/aromatic N) is 1. The molecule has 0 unspecified atom stereocenters. The van der Waals surface area contributed by atoms with E-state index in [0.717, 1.165) is 25.7 Å². The van der Waals surface area contributed by atoms with Gasteiger partial charge in [-0.2, -0.15) is 0 Å². The average Bonchev–Trinajstić information content (AvgIpc) is 3.41. The Morgan fingerprint density at radius 3 is 2.21 bits per heavy atom. The van der Waals surface area contributed by atoms with E-state index in [0.29, 0.717) is 42.6 Å². The molecule has 11 heteroatoms. The first-order chi connectivity index (χ1) is 19.8. The number of hydrogen-bond acceptors (Lipinski definition) is 10. The lowest BCUT2D eigenvalue weighted by Crippen LogP contribution is -2.59. The van der Waals surface area contributed by atoms with Crippen LogP contribution in [0.5, 0.6) is 0 Å². The largest absolute Gasteiger partial charge is 0.457 e. The van der Waals surface area contributed by atoms with E-state index in [-0.39, 0.29) is 30.0 Å². The van der Waals surface area contributed by atoms with Crippen LogP contribution in [0, 0.1) is 28.6 Å². The molecule has 42 heavy (non-hydrogen) atoms. The lowest BCUT2D eigenvalue weighted by molar-refractivity contribution is -0.197. The third-order valence-electron chi connectivity index (χ3n) is 10.9. The van der Waals surface area contributed by atoms with Gasteiger partial charge in [0.1, 0.15) is 0 Å². The van der Waals surface area contributed by atoms with Gasteiger partial charge in [-0.15, -0.1) is 5.06 Å². The maximum absolute atomic E-state index is 13.8. The fourth-order valence-corrected chi connectivity index (χ4v) is 8.83. The number of fused-ring (bicyclic) bond motifs is 5. The van der Waals surface area contributed by atoms with Crippen molar-refractivity contribution in [1.29, 1.82) is 0 Å². The number of esters is 2. The van der Waals surface area contributed by atoms with Crippen LogP contribution in [0.15, 0.2) is 11.6 Å². The molecule has 1 aliphatic heterocycles. The summed E-state index contributed by atoms with van der Waals surface area (Å²) in [5.74, 6) is -3.01. The highest BCUT2D eigenvalue weighted by atomic mass is 16.7. The number of hydroxylamine groups is 2. The topological polar surface area (TPSA) is 150 Å². The lowest BCUT2D eigenvalue weighted by atomic mass is 9.46. The number of carbonyl (C=O) groups excluding carboxylic acids is 7. The maximum Gasteiger partial charge on any atom is 0.333 e.